The summed E-state index contributed by atoms with van der Waals surface area (Å²) in [6.07, 6.45) is 3.14. The Bertz CT molecular complexity index is 634. The van der Waals surface area contributed by atoms with Crippen molar-refractivity contribution in [3.05, 3.63) is 17.7 Å². The summed E-state index contributed by atoms with van der Waals surface area (Å²) in [5.74, 6) is 2.91. The van der Waals surface area contributed by atoms with Gasteiger partial charge in [-0.05, 0) is 18.4 Å². The van der Waals surface area contributed by atoms with Crippen LogP contribution in [0.4, 0.5) is 0 Å². The molecule has 1 amide bonds. The normalized spacial score (nSPS) is 22.7. The van der Waals surface area contributed by atoms with Crippen molar-refractivity contribution in [2.75, 3.05) is 33.4 Å². The van der Waals surface area contributed by atoms with Gasteiger partial charge in [0.1, 0.15) is 5.75 Å². The van der Waals surface area contributed by atoms with Crippen molar-refractivity contribution in [2.45, 2.75) is 45.7 Å². The lowest BCUT2D eigenvalue weighted by Crippen LogP contribution is -2.39. The highest BCUT2D eigenvalue weighted by molar-refractivity contribution is 5.73. The number of hydrogen-bond acceptors (Lipinski definition) is 5. The van der Waals surface area contributed by atoms with Gasteiger partial charge >= 0.3 is 0 Å². The molecule has 1 fully saturated rings. The first kappa shape index (κ1) is 18.8. The highest BCUT2D eigenvalue weighted by Gasteiger charge is 2.33. The fourth-order valence-corrected chi connectivity index (χ4v) is 3.96. The van der Waals surface area contributed by atoms with Crippen molar-refractivity contribution in [2.24, 2.45) is 5.92 Å². The molecule has 1 saturated heterocycles. The number of carbonyl (C=O) groups is 1. The fourth-order valence-electron chi connectivity index (χ4n) is 3.96. The molecule has 2 heterocycles. The van der Waals surface area contributed by atoms with Gasteiger partial charge in [0.25, 0.3) is 0 Å². The third-order valence-corrected chi connectivity index (χ3v) is 5.11. The Morgan fingerprint density at radius 2 is 2.00 bits per heavy atom. The summed E-state index contributed by atoms with van der Waals surface area (Å²) in [5, 5.41) is 3.12. The zero-order valence-electron chi connectivity index (χ0n) is 16.0. The summed E-state index contributed by atoms with van der Waals surface area (Å²) in [4.78, 5) is 13.9. The number of methoxy groups -OCH3 is 1. The van der Waals surface area contributed by atoms with E-state index >= 15 is 0 Å². The minimum atomic E-state index is 0.0473. The predicted molar refractivity (Wildman–Crippen MR) is 99.9 cm³/mol. The number of carbonyl (C=O) groups excluding carboxylic acids is 1. The van der Waals surface area contributed by atoms with Crippen LogP contribution in [-0.2, 0) is 11.3 Å². The lowest BCUT2D eigenvalue weighted by atomic mass is 9.98. The summed E-state index contributed by atoms with van der Waals surface area (Å²) in [6.45, 7) is 7.75. The SMILES string of the molecule is CCC[C@@H]1CN(Cc2cc3c(cc2OC)OCCCO3)C[C@H]1NC(C)=O. The maximum Gasteiger partial charge on any atom is 0.217 e. The molecule has 0 saturated carbocycles. The van der Waals surface area contributed by atoms with Crippen molar-refractivity contribution in [3.8, 4) is 17.2 Å². The lowest BCUT2D eigenvalue weighted by Gasteiger charge is -2.19. The lowest BCUT2D eigenvalue weighted by molar-refractivity contribution is -0.119. The van der Waals surface area contributed by atoms with Crippen LogP contribution < -0.4 is 19.5 Å². The Morgan fingerprint density at radius 1 is 1.27 bits per heavy atom. The number of amides is 1. The molecule has 1 N–H and O–H groups in total. The van der Waals surface area contributed by atoms with Crippen molar-refractivity contribution >= 4 is 5.91 Å². The molecule has 0 radical (unpaired) electrons. The first-order chi connectivity index (χ1) is 12.6. The zero-order valence-corrected chi connectivity index (χ0v) is 16.0. The van der Waals surface area contributed by atoms with Gasteiger partial charge < -0.3 is 19.5 Å². The predicted octanol–water partition coefficient (Wildman–Crippen LogP) is 2.59. The molecule has 6 nitrogen and oxygen atoms in total. The maximum absolute atomic E-state index is 11.5. The minimum absolute atomic E-state index is 0.0473. The van der Waals surface area contributed by atoms with E-state index in [1.165, 1.54) is 0 Å². The number of benzene rings is 1. The van der Waals surface area contributed by atoms with Crippen LogP contribution in [0.2, 0.25) is 0 Å². The molecule has 0 spiro atoms. The van der Waals surface area contributed by atoms with Crippen LogP contribution in [0.15, 0.2) is 12.1 Å². The van der Waals surface area contributed by atoms with Gasteiger partial charge in [0.2, 0.25) is 5.91 Å². The summed E-state index contributed by atoms with van der Waals surface area (Å²) in [7, 11) is 1.69. The molecule has 1 aromatic carbocycles. The van der Waals surface area contributed by atoms with Crippen molar-refractivity contribution in [1.82, 2.24) is 10.2 Å². The van der Waals surface area contributed by atoms with Crippen LogP contribution in [0.25, 0.3) is 0 Å². The van der Waals surface area contributed by atoms with Crippen LogP contribution in [0.1, 0.15) is 38.7 Å². The zero-order chi connectivity index (χ0) is 18.5. The van der Waals surface area contributed by atoms with Gasteiger partial charge in [0.05, 0.1) is 20.3 Å². The largest absolute Gasteiger partial charge is 0.496 e. The molecule has 0 unspecified atom stereocenters. The number of nitrogens with zero attached hydrogens (tertiary/aromatic N) is 1. The monoisotopic (exact) mass is 362 g/mol. The van der Waals surface area contributed by atoms with Crippen LogP contribution in [0, 0.1) is 5.92 Å². The Kier molecular flexibility index (Phi) is 6.25. The third-order valence-electron chi connectivity index (χ3n) is 5.11. The number of nitrogens with one attached hydrogen (secondary N) is 1. The molecule has 6 heteroatoms. The van der Waals surface area contributed by atoms with Crippen LogP contribution in [0.3, 0.4) is 0 Å². The van der Waals surface area contributed by atoms with Gasteiger partial charge in [-0.2, -0.15) is 0 Å². The Balaban J connectivity index is 1.75. The van der Waals surface area contributed by atoms with Gasteiger partial charge in [-0.1, -0.05) is 13.3 Å². The highest BCUT2D eigenvalue weighted by atomic mass is 16.5. The van der Waals surface area contributed by atoms with E-state index < -0.39 is 0 Å². The molecule has 2 atom stereocenters. The second-order valence-electron chi connectivity index (χ2n) is 7.21. The van der Waals surface area contributed by atoms with Gasteiger partial charge in [-0.25, -0.2) is 0 Å². The summed E-state index contributed by atoms with van der Waals surface area (Å²) in [5.41, 5.74) is 1.09. The van der Waals surface area contributed by atoms with Gasteiger partial charge in [0, 0.05) is 50.7 Å². The van der Waals surface area contributed by atoms with E-state index in [1.807, 2.05) is 12.1 Å². The van der Waals surface area contributed by atoms with Crippen molar-refractivity contribution < 1.29 is 19.0 Å². The van der Waals surface area contributed by atoms with Crippen LogP contribution in [-0.4, -0.2) is 50.3 Å². The van der Waals surface area contributed by atoms with Crippen molar-refractivity contribution in [1.29, 1.82) is 0 Å². The van der Waals surface area contributed by atoms with E-state index in [9.17, 15) is 4.79 Å². The molecule has 26 heavy (non-hydrogen) atoms. The van der Waals surface area contributed by atoms with Gasteiger partial charge in [-0.15, -0.1) is 0 Å². The summed E-state index contributed by atoms with van der Waals surface area (Å²) >= 11 is 0. The molecule has 144 valence electrons. The van der Waals surface area contributed by atoms with Crippen molar-refractivity contribution in [3.63, 3.8) is 0 Å². The van der Waals surface area contributed by atoms with E-state index in [0.29, 0.717) is 19.1 Å². The number of hydrogen-bond donors (Lipinski definition) is 1. The average Bonchev–Trinajstić information content (AvgIpc) is 2.82. The quantitative estimate of drug-likeness (QED) is 0.843. The Labute approximate surface area is 155 Å². The average molecular weight is 362 g/mol. The summed E-state index contributed by atoms with van der Waals surface area (Å²) in [6, 6.07) is 4.19. The second-order valence-corrected chi connectivity index (χ2v) is 7.21. The Hall–Kier alpha value is -1.95. The van der Waals surface area contributed by atoms with Crippen LogP contribution >= 0.6 is 0 Å². The molecular formula is C20H30N2O4. The van der Waals surface area contributed by atoms with E-state index in [4.69, 9.17) is 14.2 Å². The molecule has 0 aromatic heterocycles. The molecule has 0 bridgehead atoms. The number of fused-ring (bicyclic) bond motifs is 1. The smallest absolute Gasteiger partial charge is 0.217 e. The van der Waals surface area contributed by atoms with E-state index in [0.717, 1.165) is 61.7 Å². The maximum atomic E-state index is 11.5. The summed E-state index contributed by atoms with van der Waals surface area (Å²) < 4.78 is 17.2. The number of ether oxygens (including phenoxy) is 3. The van der Waals surface area contributed by atoms with Crippen LogP contribution in [0.5, 0.6) is 17.2 Å². The molecular weight excluding hydrogens is 332 g/mol. The van der Waals surface area contributed by atoms with E-state index in [2.05, 4.69) is 17.1 Å². The Morgan fingerprint density at radius 3 is 2.65 bits per heavy atom. The second kappa shape index (κ2) is 8.62. The first-order valence-electron chi connectivity index (χ1n) is 9.56. The number of rotatable bonds is 6. The van der Waals surface area contributed by atoms with Gasteiger partial charge in [0.15, 0.2) is 11.5 Å². The fraction of sp³-hybridized carbons (Fsp3) is 0.650. The first-order valence-corrected chi connectivity index (χ1v) is 9.56. The van der Waals surface area contributed by atoms with Gasteiger partial charge in [-0.3, -0.25) is 9.69 Å². The highest BCUT2D eigenvalue weighted by Crippen LogP contribution is 2.37. The van der Waals surface area contributed by atoms with E-state index in [-0.39, 0.29) is 11.9 Å². The van der Waals surface area contributed by atoms with E-state index in [1.54, 1.807) is 14.0 Å². The third kappa shape index (κ3) is 4.41. The minimum Gasteiger partial charge on any atom is -0.496 e. The molecule has 2 aliphatic heterocycles. The molecule has 3 rings (SSSR count). The number of likely N-dealkylation sites (tertiary alicyclic amines) is 1. The topological polar surface area (TPSA) is 60.0 Å². The molecule has 2 aliphatic rings. The molecule has 0 aliphatic carbocycles. The molecule has 1 aromatic rings. The standard InChI is InChI=1S/C20H30N2O4/c1-4-6-15-11-22(13-17(15)21-14(2)23)12-16-9-19-20(10-18(16)24-3)26-8-5-7-25-19/h9-10,15,17H,4-8,11-13H2,1-3H3,(H,21,23)/t15-,17-/m1/s1.